The maximum Gasteiger partial charge on any atom is 0.365 e. The smallest absolute Gasteiger partial charge is 0.324 e. The second-order valence-electron chi connectivity index (χ2n) is 5.99. The van der Waals surface area contributed by atoms with Crippen LogP contribution in [0.4, 0.5) is 0 Å². The molecule has 1 aliphatic heterocycles. The Morgan fingerprint density at radius 2 is 1.71 bits per heavy atom. The summed E-state index contributed by atoms with van der Waals surface area (Å²) in [5.74, 6) is -1.75. The maximum atomic E-state index is 12.5. The summed E-state index contributed by atoms with van der Waals surface area (Å²) in [6.07, 6.45) is 1.95. The van der Waals surface area contributed by atoms with Crippen LogP contribution in [0.3, 0.4) is 0 Å². The summed E-state index contributed by atoms with van der Waals surface area (Å²) in [6.45, 7) is 1.85. The van der Waals surface area contributed by atoms with Gasteiger partial charge in [0.05, 0.1) is 22.4 Å². The lowest BCUT2D eigenvalue weighted by Gasteiger charge is -2.14. The molecule has 2 aliphatic rings. The molecule has 1 saturated carbocycles. The normalized spacial score (nSPS) is 16.3. The van der Waals surface area contributed by atoms with Crippen LogP contribution < -0.4 is 0 Å². The lowest BCUT2D eigenvalue weighted by molar-refractivity contribution is -0.0585. The Kier molecular flexibility index (Phi) is 3.19. The minimum atomic E-state index is -0.737. The molecule has 0 bridgehead atoms. The molecule has 1 aromatic carbocycles. The fourth-order valence-electron chi connectivity index (χ4n) is 2.80. The summed E-state index contributed by atoms with van der Waals surface area (Å²) in [4.78, 5) is 46.6. The van der Waals surface area contributed by atoms with Crippen LogP contribution in [0.25, 0.3) is 0 Å². The number of pyridine rings is 1. The zero-order chi connectivity index (χ0) is 16.8. The number of amides is 2. The highest BCUT2D eigenvalue weighted by molar-refractivity contribution is 6.21. The van der Waals surface area contributed by atoms with Gasteiger partial charge in [-0.05, 0) is 44.0 Å². The fraction of sp³-hybridized carbons (Fsp3) is 0.222. The second-order valence-corrected chi connectivity index (χ2v) is 5.99. The van der Waals surface area contributed by atoms with Crippen molar-refractivity contribution >= 4 is 17.8 Å². The van der Waals surface area contributed by atoms with Gasteiger partial charge >= 0.3 is 5.97 Å². The van der Waals surface area contributed by atoms with E-state index in [1.165, 1.54) is 12.1 Å². The van der Waals surface area contributed by atoms with Crippen molar-refractivity contribution in [3.63, 3.8) is 0 Å². The molecule has 6 heteroatoms. The van der Waals surface area contributed by atoms with Crippen LogP contribution >= 0.6 is 0 Å². The van der Waals surface area contributed by atoms with E-state index in [-0.39, 0.29) is 17.0 Å². The Bertz CT molecular complexity index is 851. The van der Waals surface area contributed by atoms with Crippen LogP contribution in [0.2, 0.25) is 0 Å². The van der Waals surface area contributed by atoms with Crippen LogP contribution in [-0.4, -0.2) is 27.8 Å². The quantitative estimate of drug-likeness (QED) is 0.812. The fourth-order valence-corrected chi connectivity index (χ4v) is 2.80. The first-order valence-corrected chi connectivity index (χ1v) is 7.74. The third-order valence-corrected chi connectivity index (χ3v) is 4.18. The molecule has 0 spiro atoms. The molecule has 2 aromatic rings. The zero-order valence-electron chi connectivity index (χ0n) is 13.0. The number of hydrogen-bond acceptors (Lipinski definition) is 5. The molecule has 1 aromatic heterocycles. The largest absolute Gasteiger partial charge is 0.365 e. The second kappa shape index (κ2) is 5.26. The monoisotopic (exact) mass is 322 g/mol. The van der Waals surface area contributed by atoms with Crippen LogP contribution in [0.1, 0.15) is 61.2 Å². The van der Waals surface area contributed by atoms with Gasteiger partial charge in [0.2, 0.25) is 0 Å². The van der Waals surface area contributed by atoms with E-state index in [9.17, 15) is 14.4 Å². The molecule has 2 heterocycles. The number of benzene rings is 1. The molecular weight excluding hydrogens is 308 g/mol. The Morgan fingerprint density at radius 3 is 2.29 bits per heavy atom. The van der Waals surface area contributed by atoms with E-state index in [0.717, 1.165) is 18.5 Å². The lowest BCUT2D eigenvalue weighted by Crippen LogP contribution is -2.33. The van der Waals surface area contributed by atoms with Gasteiger partial charge in [0.15, 0.2) is 0 Å². The molecule has 0 radical (unpaired) electrons. The predicted molar refractivity (Wildman–Crippen MR) is 83.3 cm³/mol. The standard InChI is InChI=1S/C18H14N2O4/c1-10-6-9-14(15(19-10)11-7-8-11)18(23)24-20-16(21)12-4-2-3-5-13(12)17(20)22/h2-6,9,11H,7-8H2,1H3. The van der Waals surface area contributed by atoms with Crippen molar-refractivity contribution in [2.75, 3.05) is 0 Å². The van der Waals surface area contributed by atoms with E-state index in [4.69, 9.17) is 4.84 Å². The molecule has 0 N–H and O–H groups in total. The van der Waals surface area contributed by atoms with E-state index >= 15 is 0 Å². The number of carbonyl (C=O) groups is 3. The Morgan fingerprint density at radius 1 is 1.08 bits per heavy atom. The summed E-state index contributed by atoms with van der Waals surface area (Å²) in [6, 6.07) is 9.73. The Balaban J connectivity index is 1.62. The van der Waals surface area contributed by atoms with Crippen molar-refractivity contribution in [2.45, 2.75) is 25.7 Å². The molecule has 24 heavy (non-hydrogen) atoms. The highest BCUT2D eigenvalue weighted by Crippen LogP contribution is 2.41. The topological polar surface area (TPSA) is 76.6 Å². The summed E-state index contributed by atoms with van der Waals surface area (Å²) < 4.78 is 0. The predicted octanol–water partition coefficient (Wildman–Crippen LogP) is 2.64. The third kappa shape index (κ3) is 2.27. The number of hydroxylamine groups is 2. The molecule has 0 saturated heterocycles. The number of rotatable bonds is 3. The Labute approximate surface area is 138 Å². The Hall–Kier alpha value is -3.02. The van der Waals surface area contributed by atoms with Crippen molar-refractivity contribution < 1.29 is 19.2 Å². The molecule has 4 rings (SSSR count). The first-order chi connectivity index (χ1) is 11.6. The number of hydrogen-bond donors (Lipinski definition) is 0. The third-order valence-electron chi connectivity index (χ3n) is 4.18. The van der Waals surface area contributed by atoms with Gasteiger partial charge in [-0.25, -0.2) is 4.79 Å². The molecule has 6 nitrogen and oxygen atoms in total. The number of aromatic nitrogens is 1. The van der Waals surface area contributed by atoms with Gasteiger partial charge in [0.25, 0.3) is 11.8 Å². The van der Waals surface area contributed by atoms with Crippen molar-refractivity contribution in [2.24, 2.45) is 0 Å². The van der Waals surface area contributed by atoms with Crippen LogP contribution in [-0.2, 0) is 4.84 Å². The maximum absolute atomic E-state index is 12.5. The van der Waals surface area contributed by atoms with Gasteiger partial charge in [0.1, 0.15) is 0 Å². The van der Waals surface area contributed by atoms with Crippen molar-refractivity contribution in [3.8, 4) is 0 Å². The first-order valence-electron chi connectivity index (χ1n) is 7.74. The van der Waals surface area contributed by atoms with Gasteiger partial charge in [-0.1, -0.05) is 17.2 Å². The van der Waals surface area contributed by atoms with Crippen molar-refractivity contribution in [3.05, 3.63) is 64.5 Å². The van der Waals surface area contributed by atoms with Crippen LogP contribution in [0.15, 0.2) is 36.4 Å². The number of carbonyl (C=O) groups excluding carboxylic acids is 3. The number of imide groups is 1. The molecule has 1 aliphatic carbocycles. The molecular formula is C18H14N2O4. The zero-order valence-corrected chi connectivity index (χ0v) is 13.0. The molecule has 120 valence electrons. The molecule has 0 unspecified atom stereocenters. The average molecular weight is 322 g/mol. The van der Waals surface area contributed by atoms with Gasteiger partial charge in [-0.2, -0.15) is 0 Å². The minimum absolute atomic E-state index is 0.236. The molecule has 2 amide bonds. The van der Waals surface area contributed by atoms with E-state index < -0.39 is 17.8 Å². The van der Waals surface area contributed by atoms with Crippen molar-refractivity contribution in [1.29, 1.82) is 0 Å². The number of fused-ring (bicyclic) bond motifs is 1. The highest BCUT2D eigenvalue weighted by Gasteiger charge is 2.39. The average Bonchev–Trinajstić information content (AvgIpc) is 3.40. The summed E-state index contributed by atoms with van der Waals surface area (Å²) in [7, 11) is 0. The van der Waals surface area contributed by atoms with E-state index in [2.05, 4.69) is 4.98 Å². The van der Waals surface area contributed by atoms with Gasteiger partial charge in [-0.15, -0.1) is 0 Å². The van der Waals surface area contributed by atoms with Crippen LogP contribution in [0, 0.1) is 6.92 Å². The van der Waals surface area contributed by atoms with Crippen LogP contribution in [0.5, 0.6) is 0 Å². The van der Waals surface area contributed by atoms with E-state index in [0.29, 0.717) is 16.3 Å². The SMILES string of the molecule is Cc1ccc(C(=O)ON2C(=O)c3ccccc3C2=O)c(C2CC2)n1. The van der Waals surface area contributed by atoms with Crippen molar-refractivity contribution in [1.82, 2.24) is 10.0 Å². The van der Waals surface area contributed by atoms with E-state index in [1.54, 1.807) is 24.3 Å². The molecule has 1 fully saturated rings. The number of nitrogens with zero attached hydrogens (tertiary/aromatic N) is 2. The first kappa shape index (κ1) is 14.6. The van der Waals surface area contributed by atoms with Gasteiger partial charge in [0, 0.05) is 11.6 Å². The number of aryl methyl sites for hydroxylation is 1. The van der Waals surface area contributed by atoms with E-state index in [1.807, 2.05) is 6.92 Å². The summed E-state index contributed by atoms with van der Waals surface area (Å²) >= 11 is 0. The summed E-state index contributed by atoms with van der Waals surface area (Å²) in [5, 5.41) is 0.531. The minimum Gasteiger partial charge on any atom is -0.324 e. The summed E-state index contributed by atoms with van der Waals surface area (Å²) in [5.41, 5.74) is 2.27. The highest BCUT2D eigenvalue weighted by atomic mass is 16.7. The lowest BCUT2D eigenvalue weighted by atomic mass is 10.1. The van der Waals surface area contributed by atoms with Gasteiger partial charge in [-0.3, -0.25) is 14.6 Å². The molecule has 0 atom stereocenters. The van der Waals surface area contributed by atoms with Gasteiger partial charge < -0.3 is 4.84 Å².